The minimum absolute atomic E-state index is 0.426. The second-order valence-corrected chi connectivity index (χ2v) is 5.69. The molecule has 0 saturated carbocycles. The van der Waals surface area contributed by atoms with E-state index < -0.39 is 17.0 Å². The van der Waals surface area contributed by atoms with Gasteiger partial charge in [-0.05, 0) is 32.9 Å². The van der Waals surface area contributed by atoms with Crippen LogP contribution in [0.3, 0.4) is 0 Å². The molecule has 1 atom stereocenters. The molecule has 0 radical (unpaired) electrons. The van der Waals surface area contributed by atoms with Crippen LogP contribution in [0.15, 0.2) is 24.3 Å². The number of carbonyl (C=O) groups is 1. The van der Waals surface area contributed by atoms with Crippen molar-refractivity contribution in [1.82, 2.24) is 0 Å². The Hall–Kier alpha value is -1.75. The molecule has 5 heteroatoms. The first-order valence-electron chi connectivity index (χ1n) is 6.50. The SMILES string of the molecule is COc1cccc(NC(C)(CC(C)(C)OC)C(N)=O)c1. The first-order chi connectivity index (χ1) is 9.22. The summed E-state index contributed by atoms with van der Waals surface area (Å²) in [5.74, 6) is 0.290. The zero-order valence-electron chi connectivity index (χ0n) is 12.8. The van der Waals surface area contributed by atoms with Crippen LogP contribution in [0.4, 0.5) is 5.69 Å². The highest BCUT2D eigenvalue weighted by molar-refractivity contribution is 5.87. The number of hydrogen-bond acceptors (Lipinski definition) is 4. The van der Waals surface area contributed by atoms with Gasteiger partial charge in [-0.1, -0.05) is 6.07 Å². The van der Waals surface area contributed by atoms with Gasteiger partial charge in [0.15, 0.2) is 0 Å². The maximum Gasteiger partial charge on any atom is 0.242 e. The number of benzene rings is 1. The summed E-state index contributed by atoms with van der Waals surface area (Å²) in [5, 5.41) is 3.19. The van der Waals surface area contributed by atoms with Gasteiger partial charge < -0.3 is 20.5 Å². The quantitative estimate of drug-likeness (QED) is 0.802. The summed E-state index contributed by atoms with van der Waals surface area (Å²) in [5.41, 5.74) is 4.97. The fraction of sp³-hybridized carbons (Fsp3) is 0.533. The van der Waals surface area contributed by atoms with Crippen LogP contribution in [0.2, 0.25) is 0 Å². The number of anilines is 1. The van der Waals surface area contributed by atoms with Gasteiger partial charge in [0, 0.05) is 25.3 Å². The lowest BCUT2D eigenvalue weighted by Crippen LogP contribution is -2.52. The number of primary amides is 1. The van der Waals surface area contributed by atoms with E-state index in [0.29, 0.717) is 12.2 Å². The summed E-state index contributed by atoms with van der Waals surface area (Å²) in [6.45, 7) is 5.61. The van der Waals surface area contributed by atoms with Gasteiger partial charge in [-0.25, -0.2) is 0 Å². The van der Waals surface area contributed by atoms with Crippen molar-refractivity contribution in [3.63, 3.8) is 0 Å². The zero-order chi connectivity index (χ0) is 15.4. The van der Waals surface area contributed by atoms with Gasteiger partial charge in [0.05, 0.1) is 12.7 Å². The number of nitrogens with two attached hydrogens (primary N) is 1. The predicted molar refractivity (Wildman–Crippen MR) is 79.9 cm³/mol. The van der Waals surface area contributed by atoms with Gasteiger partial charge in [0.1, 0.15) is 11.3 Å². The highest BCUT2D eigenvalue weighted by Gasteiger charge is 2.37. The van der Waals surface area contributed by atoms with Gasteiger partial charge in [0.25, 0.3) is 0 Å². The minimum Gasteiger partial charge on any atom is -0.497 e. The lowest BCUT2D eigenvalue weighted by Gasteiger charge is -2.35. The molecular formula is C15H24N2O3. The fourth-order valence-electron chi connectivity index (χ4n) is 2.14. The number of rotatable bonds is 7. The topological polar surface area (TPSA) is 73.6 Å². The highest BCUT2D eigenvalue weighted by atomic mass is 16.5. The number of carbonyl (C=O) groups excluding carboxylic acids is 1. The molecule has 0 aliphatic rings. The number of methoxy groups -OCH3 is 2. The molecule has 0 aliphatic heterocycles. The molecule has 1 amide bonds. The van der Waals surface area contributed by atoms with Crippen molar-refractivity contribution in [2.24, 2.45) is 5.73 Å². The third-order valence-corrected chi connectivity index (χ3v) is 3.37. The van der Waals surface area contributed by atoms with E-state index in [1.165, 1.54) is 0 Å². The molecule has 0 aliphatic carbocycles. The Kier molecular flexibility index (Phi) is 5.00. The largest absolute Gasteiger partial charge is 0.497 e. The Morgan fingerprint density at radius 3 is 2.45 bits per heavy atom. The Bertz CT molecular complexity index is 474. The number of hydrogen-bond donors (Lipinski definition) is 2. The number of nitrogens with one attached hydrogen (secondary N) is 1. The normalized spacial score (nSPS) is 14.4. The van der Waals surface area contributed by atoms with Crippen molar-refractivity contribution in [2.45, 2.75) is 38.3 Å². The third kappa shape index (κ3) is 4.13. The van der Waals surface area contributed by atoms with Gasteiger partial charge in [-0.3, -0.25) is 4.79 Å². The van der Waals surface area contributed by atoms with Crippen LogP contribution in [0.1, 0.15) is 27.2 Å². The van der Waals surface area contributed by atoms with Gasteiger partial charge in [-0.15, -0.1) is 0 Å². The smallest absolute Gasteiger partial charge is 0.242 e. The molecule has 0 heterocycles. The molecule has 112 valence electrons. The minimum atomic E-state index is -0.911. The summed E-state index contributed by atoms with van der Waals surface area (Å²) in [6, 6.07) is 7.38. The van der Waals surface area contributed by atoms with E-state index in [2.05, 4.69) is 5.32 Å². The van der Waals surface area contributed by atoms with Gasteiger partial charge >= 0.3 is 0 Å². The molecule has 1 rings (SSSR count). The van der Waals surface area contributed by atoms with E-state index >= 15 is 0 Å². The lowest BCUT2D eigenvalue weighted by atomic mass is 9.86. The van der Waals surface area contributed by atoms with Crippen LogP contribution in [0, 0.1) is 0 Å². The maximum atomic E-state index is 11.8. The second kappa shape index (κ2) is 6.13. The summed E-state index contributed by atoms with van der Waals surface area (Å²) >= 11 is 0. The molecule has 0 saturated heterocycles. The third-order valence-electron chi connectivity index (χ3n) is 3.37. The highest BCUT2D eigenvalue weighted by Crippen LogP contribution is 2.28. The van der Waals surface area contributed by atoms with E-state index in [9.17, 15) is 4.79 Å². The van der Waals surface area contributed by atoms with Crippen LogP contribution in [-0.4, -0.2) is 31.3 Å². The molecule has 1 aromatic carbocycles. The zero-order valence-corrected chi connectivity index (χ0v) is 12.8. The fourth-order valence-corrected chi connectivity index (χ4v) is 2.14. The number of amides is 1. The van der Waals surface area contributed by atoms with E-state index in [1.54, 1.807) is 21.1 Å². The van der Waals surface area contributed by atoms with Crippen molar-refractivity contribution >= 4 is 11.6 Å². The van der Waals surface area contributed by atoms with Crippen LogP contribution < -0.4 is 15.8 Å². The monoisotopic (exact) mass is 280 g/mol. The molecule has 0 aromatic heterocycles. The lowest BCUT2D eigenvalue weighted by molar-refractivity contribution is -0.124. The molecule has 5 nitrogen and oxygen atoms in total. The predicted octanol–water partition coefficient (Wildman–Crippen LogP) is 2.17. The summed E-state index contributed by atoms with van der Waals surface area (Å²) in [7, 11) is 3.22. The van der Waals surface area contributed by atoms with Crippen molar-refractivity contribution in [3.05, 3.63) is 24.3 Å². The van der Waals surface area contributed by atoms with Gasteiger partial charge in [0.2, 0.25) is 5.91 Å². The average molecular weight is 280 g/mol. The van der Waals surface area contributed by atoms with Crippen molar-refractivity contribution in [2.75, 3.05) is 19.5 Å². The van der Waals surface area contributed by atoms with E-state index in [1.807, 2.05) is 38.1 Å². The van der Waals surface area contributed by atoms with Crippen LogP contribution in [0.5, 0.6) is 5.75 Å². The molecule has 1 unspecified atom stereocenters. The second-order valence-electron chi connectivity index (χ2n) is 5.69. The van der Waals surface area contributed by atoms with E-state index in [4.69, 9.17) is 15.2 Å². The van der Waals surface area contributed by atoms with E-state index in [0.717, 1.165) is 5.69 Å². The maximum absolute atomic E-state index is 11.8. The van der Waals surface area contributed by atoms with Crippen LogP contribution in [-0.2, 0) is 9.53 Å². The Labute approximate surface area is 120 Å². The molecule has 0 spiro atoms. The molecule has 1 aromatic rings. The van der Waals surface area contributed by atoms with Crippen molar-refractivity contribution in [1.29, 1.82) is 0 Å². The Balaban J connectivity index is 2.99. The average Bonchev–Trinajstić information content (AvgIpc) is 2.38. The molecule has 0 fully saturated rings. The molecule has 3 N–H and O–H groups in total. The first kappa shape index (κ1) is 16.3. The summed E-state index contributed by atoms with van der Waals surface area (Å²) in [4.78, 5) is 11.8. The molecule has 20 heavy (non-hydrogen) atoms. The van der Waals surface area contributed by atoms with Crippen LogP contribution >= 0.6 is 0 Å². The Morgan fingerprint density at radius 2 is 1.95 bits per heavy atom. The first-order valence-corrected chi connectivity index (χ1v) is 6.50. The van der Waals surface area contributed by atoms with Crippen molar-refractivity contribution in [3.8, 4) is 5.75 Å². The summed E-state index contributed by atoms with van der Waals surface area (Å²) < 4.78 is 10.6. The van der Waals surface area contributed by atoms with E-state index in [-0.39, 0.29) is 0 Å². The molecule has 0 bridgehead atoms. The summed E-state index contributed by atoms with van der Waals surface area (Å²) in [6.07, 6.45) is 0.447. The van der Waals surface area contributed by atoms with Crippen LogP contribution in [0.25, 0.3) is 0 Å². The van der Waals surface area contributed by atoms with Crippen molar-refractivity contribution < 1.29 is 14.3 Å². The molecular weight excluding hydrogens is 256 g/mol. The standard InChI is InChI=1S/C15H24N2O3/c1-14(2,20-5)10-15(3,13(16)18)17-11-7-6-8-12(9-11)19-4/h6-9,17H,10H2,1-5H3,(H2,16,18). The Morgan fingerprint density at radius 1 is 1.30 bits per heavy atom. The number of ether oxygens (including phenoxy) is 2. The van der Waals surface area contributed by atoms with Gasteiger partial charge in [-0.2, -0.15) is 0 Å².